The van der Waals surface area contributed by atoms with Crippen molar-refractivity contribution in [2.24, 2.45) is 5.73 Å². The molecule has 0 saturated carbocycles. The maximum absolute atomic E-state index is 12.9. The Morgan fingerprint density at radius 2 is 1.55 bits per heavy atom. The first kappa shape index (κ1) is 24.3. The van der Waals surface area contributed by atoms with E-state index < -0.39 is 35.7 Å². The van der Waals surface area contributed by atoms with Gasteiger partial charge in [-0.25, -0.2) is 9.59 Å². The zero-order valence-electron chi connectivity index (χ0n) is 19.3. The Balaban J connectivity index is 1.75. The normalized spacial score (nSPS) is 14.6. The molecule has 0 bridgehead atoms. The molecule has 1 amide bonds. The fourth-order valence-electron chi connectivity index (χ4n) is 3.86. The molecule has 176 valence electrons. The number of hydrogen-bond donors (Lipinski definition) is 2. The summed E-state index contributed by atoms with van der Waals surface area (Å²) < 4.78 is 10.8. The van der Waals surface area contributed by atoms with Crippen LogP contribution >= 0.6 is 0 Å². The Morgan fingerprint density at radius 1 is 1.03 bits per heavy atom. The zero-order chi connectivity index (χ0) is 24.3. The first-order valence-electron chi connectivity index (χ1n) is 10.8. The minimum Gasteiger partial charge on any atom is -0.480 e. The minimum atomic E-state index is -1.24. The number of hydrogen-bond acceptors (Lipinski definition) is 6. The molecule has 0 saturated heterocycles. The van der Waals surface area contributed by atoms with Gasteiger partial charge in [0.2, 0.25) is 0 Å². The second kappa shape index (κ2) is 9.62. The smallest absolute Gasteiger partial charge is 0.410 e. The fourth-order valence-corrected chi connectivity index (χ4v) is 3.86. The van der Waals surface area contributed by atoms with E-state index in [2.05, 4.69) is 0 Å². The van der Waals surface area contributed by atoms with Crippen LogP contribution in [0.2, 0.25) is 0 Å². The SMILES string of the molecule is C[C@@H](C(=O)O)N(CC(N)C(=O)OC(C)(C)C)C(=O)OCC1c2ccccc2-c2ccccc21. The monoisotopic (exact) mass is 454 g/mol. The van der Waals surface area contributed by atoms with E-state index in [-0.39, 0.29) is 19.1 Å². The number of aliphatic carboxylic acids is 1. The summed E-state index contributed by atoms with van der Waals surface area (Å²) in [4.78, 5) is 37.8. The van der Waals surface area contributed by atoms with Crippen molar-refractivity contribution in [1.82, 2.24) is 4.90 Å². The van der Waals surface area contributed by atoms with Gasteiger partial charge in [0, 0.05) is 5.92 Å². The van der Waals surface area contributed by atoms with Gasteiger partial charge in [0.25, 0.3) is 0 Å². The van der Waals surface area contributed by atoms with Gasteiger partial charge in [-0.3, -0.25) is 9.69 Å². The average Bonchev–Trinajstić information content (AvgIpc) is 3.07. The molecule has 8 heteroatoms. The topological polar surface area (TPSA) is 119 Å². The molecule has 0 aromatic heterocycles. The molecule has 1 aliphatic carbocycles. The minimum absolute atomic E-state index is 0.0252. The molecule has 3 rings (SSSR count). The molecule has 0 heterocycles. The lowest BCUT2D eigenvalue weighted by Crippen LogP contribution is -2.52. The van der Waals surface area contributed by atoms with Gasteiger partial charge < -0.3 is 20.3 Å². The van der Waals surface area contributed by atoms with Crippen LogP contribution in [0.4, 0.5) is 4.79 Å². The Bertz CT molecular complexity index is 1000. The van der Waals surface area contributed by atoms with Crippen LogP contribution in [0.15, 0.2) is 48.5 Å². The van der Waals surface area contributed by atoms with E-state index >= 15 is 0 Å². The molecule has 1 unspecified atom stereocenters. The molecule has 2 atom stereocenters. The Morgan fingerprint density at radius 3 is 2.03 bits per heavy atom. The lowest BCUT2D eigenvalue weighted by molar-refractivity contribution is -0.157. The van der Waals surface area contributed by atoms with Crippen molar-refractivity contribution in [2.45, 2.75) is 51.3 Å². The summed E-state index contributed by atoms with van der Waals surface area (Å²) in [6.07, 6.45) is -0.856. The molecular weight excluding hydrogens is 424 g/mol. The second-order valence-corrected chi connectivity index (χ2v) is 9.11. The van der Waals surface area contributed by atoms with Gasteiger partial charge in [-0.15, -0.1) is 0 Å². The van der Waals surface area contributed by atoms with Crippen LogP contribution in [0.3, 0.4) is 0 Å². The largest absolute Gasteiger partial charge is 0.480 e. The van der Waals surface area contributed by atoms with Gasteiger partial charge >= 0.3 is 18.0 Å². The Labute approximate surface area is 193 Å². The molecule has 0 fully saturated rings. The van der Waals surface area contributed by atoms with Crippen molar-refractivity contribution >= 4 is 18.0 Å². The quantitative estimate of drug-likeness (QED) is 0.616. The molecular formula is C25H30N2O6. The predicted molar refractivity (Wildman–Crippen MR) is 123 cm³/mol. The van der Waals surface area contributed by atoms with Crippen LogP contribution in [-0.2, 0) is 19.1 Å². The van der Waals surface area contributed by atoms with Crippen molar-refractivity contribution in [3.05, 3.63) is 59.7 Å². The highest BCUT2D eigenvalue weighted by Gasteiger charge is 2.34. The van der Waals surface area contributed by atoms with Crippen molar-refractivity contribution < 1.29 is 29.0 Å². The number of carboxylic acid groups (broad SMARTS) is 1. The molecule has 0 aliphatic heterocycles. The third kappa shape index (κ3) is 5.51. The zero-order valence-corrected chi connectivity index (χ0v) is 19.3. The predicted octanol–water partition coefficient (Wildman–Crippen LogP) is 3.38. The molecule has 33 heavy (non-hydrogen) atoms. The summed E-state index contributed by atoms with van der Waals surface area (Å²) in [5, 5.41) is 9.47. The first-order chi connectivity index (χ1) is 15.5. The third-order valence-electron chi connectivity index (χ3n) is 5.50. The average molecular weight is 455 g/mol. The summed E-state index contributed by atoms with van der Waals surface area (Å²) in [6, 6.07) is 13.3. The molecule has 0 radical (unpaired) electrons. The first-order valence-corrected chi connectivity index (χ1v) is 10.8. The number of carbonyl (C=O) groups is 3. The van der Waals surface area contributed by atoms with Gasteiger partial charge in [0.1, 0.15) is 24.3 Å². The van der Waals surface area contributed by atoms with E-state index in [1.807, 2.05) is 48.5 Å². The van der Waals surface area contributed by atoms with Crippen molar-refractivity contribution in [3.63, 3.8) is 0 Å². The number of amides is 1. The number of benzene rings is 2. The van der Waals surface area contributed by atoms with Gasteiger partial charge in [-0.2, -0.15) is 0 Å². The van der Waals surface area contributed by atoms with Crippen LogP contribution in [0, 0.1) is 0 Å². The fraction of sp³-hybridized carbons (Fsp3) is 0.400. The second-order valence-electron chi connectivity index (χ2n) is 9.11. The van der Waals surface area contributed by atoms with Crippen LogP contribution in [0.25, 0.3) is 11.1 Å². The van der Waals surface area contributed by atoms with Gasteiger partial charge in [0.05, 0.1) is 6.54 Å². The summed E-state index contributed by atoms with van der Waals surface area (Å²) >= 11 is 0. The van der Waals surface area contributed by atoms with E-state index in [4.69, 9.17) is 15.2 Å². The number of fused-ring (bicyclic) bond motifs is 3. The number of carbonyl (C=O) groups excluding carboxylic acids is 2. The molecule has 8 nitrogen and oxygen atoms in total. The third-order valence-corrected chi connectivity index (χ3v) is 5.50. The molecule has 3 N–H and O–H groups in total. The summed E-state index contributed by atoms with van der Waals surface area (Å²) in [5.74, 6) is -2.14. The van der Waals surface area contributed by atoms with Crippen LogP contribution in [-0.4, -0.2) is 58.9 Å². The highest BCUT2D eigenvalue weighted by atomic mass is 16.6. The number of ether oxygens (including phenoxy) is 2. The number of esters is 1. The number of nitrogens with zero attached hydrogens (tertiary/aromatic N) is 1. The highest BCUT2D eigenvalue weighted by Crippen LogP contribution is 2.44. The highest BCUT2D eigenvalue weighted by molar-refractivity contribution is 5.82. The molecule has 1 aliphatic rings. The van der Waals surface area contributed by atoms with Gasteiger partial charge in [-0.05, 0) is 49.9 Å². The van der Waals surface area contributed by atoms with Crippen molar-refractivity contribution in [3.8, 4) is 11.1 Å². The maximum Gasteiger partial charge on any atom is 0.410 e. The van der Waals surface area contributed by atoms with Crippen LogP contribution in [0.5, 0.6) is 0 Å². The van der Waals surface area contributed by atoms with Crippen LogP contribution in [0.1, 0.15) is 44.7 Å². The number of nitrogens with two attached hydrogens (primary N) is 1. The molecule has 0 spiro atoms. The van der Waals surface area contributed by atoms with E-state index in [1.165, 1.54) is 6.92 Å². The van der Waals surface area contributed by atoms with Crippen molar-refractivity contribution in [1.29, 1.82) is 0 Å². The van der Waals surface area contributed by atoms with E-state index in [0.717, 1.165) is 27.2 Å². The standard InChI is InChI=1S/C25H30N2O6/c1-15(22(28)29)27(13-21(26)23(30)33-25(2,3)4)24(31)32-14-20-18-11-7-5-9-16(18)17-10-6-8-12-19(17)20/h5-12,15,20-21H,13-14,26H2,1-4H3,(H,28,29)/t15-,21?/m0/s1. The van der Waals surface area contributed by atoms with E-state index in [1.54, 1.807) is 20.8 Å². The summed E-state index contributed by atoms with van der Waals surface area (Å²) in [7, 11) is 0. The van der Waals surface area contributed by atoms with E-state index in [9.17, 15) is 19.5 Å². The van der Waals surface area contributed by atoms with Crippen molar-refractivity contribution in [2.75, 3.05) is 13.2 Å². The maximum atomic E-state index is 12.9. The summed E-state index contributed by atoms with van der Waals surface area (Å²) in [6.45, 7) is 6.10. The summed E-state index contributed by atoms with van der Waals surface area (Å²) in [5.41, 5.74) is 9.40. The lowest BCUT2D eigenvalue weighted by atomic mass is 9.98. The van der Waals surface area contributed by atoms with E-state index in [0.29, 0.717) is 0 Å². The van der Waals surface area contributed by atoms with Gasteiger partial charge in [0.15, 0.2) is 0 Å². The Kier molecular flexibility index (Phi) is 7.07. The number of rotatable bonds is 7. The number of carboxylic acids is 1. The Hall–Kier alpha value is -3.39. The van der Waals surface area contributed by atoms with Gasteiger partial charge in [-0.1, -0.05) is 48.5 Å². The molecule has 2 aromatic carbocycles. The molecule has 2 aromatic rings. The lowest BCUT2D eigenvalue weighted by Gasteiger charge is -2.29. The van der Waals surface area contributed by atoms with Crippen LogP contribution < -0.4 is 5.73 Å².